The van der Waals surface area contributed by atoms with Crippen LogP contribution in [0.5, 0.6) is 0 Å². The first-order chi connectivity index (χ1) is 16.8. The van der Waals surface area contributed by atoms with Crippen molar-refractivity contribution < 1.29 is 29.3 Å². The third-order valence-electron chi connectivity index (χ3n) is 10.6. The number of cyclic esters (lactones) is 1. The first-order valence-electron chi connectivity index (χ1n) is 13.5. The molecule has 0 unspecified atom stereocenters. The van der Waals surface area contributed by atoms with E-state index in [-0.39, 0.29) is 53.0 Å². The summed E-state index contributed by atoms with van der Waals surface area (Å²) in [5.74, 6) is -0.402. The molecule has 0 amide bonds. The van der Waals surface area contributed by atoms with Crippen molar-refractivity contribution in [2.24, 2.45) is 35.0 Å². The van der Waals surface area contributed by atoms with E-state index in [1.807, 2.05) is 32.9 Å². The van der Waals surface area contributed by atoms with Crippen molar-refractivity contribution in [3.05, 3.63) is 46.6 Å². The summed E-state index contributed by atoms with van der Waals surface area (Å²) in [5.41, 5.74) is 1.98. The Bertz CT molecular complexity index is 1160. The SMILES string of the molecule is CC1=C[C@@H]2CC3=C([C@H](O)C[C@]4(C)[C@H]3C[C@]3(O)C=C5C=CC(=O)OC(C)(C)[C@@H]5CC[C@@H]43)[C@H](C)[C@@H]2OC1=O. The van der Waals surface area contributed by atoms with Gasteiger partial charge < -0.3 is 19.7 Å². The molecule has 0 radical (unpaired) electrons. The van der Waals surface area contributed by atoms with E-state index in [0.29, 0.717) is 18.4 Å². The lowest BCUT2D eigenvalue weighted by atomic mass is 9.56. The van der Waals surface area contributed by atoms with Gasteiger partial charge in [-0.1, -0.05) is 31.6 Å². The Balaban J connectivity index is 1.42. The van der Waals surface area contributed by atoms with Gasteiger partial charge >= 0.3 is 11.9 Å². The molecule has 6 nitrogen and oxygen atoms in total. The number of carbonyl (C=O) groups excluding carboxylic acids is 2. The highest BCUT2D eigenvalue weighted by atomic mass is 16.6. The van der Waals surface area contributed by atoms with Crippen LogP contribution in [0.3, 0.4) is 0 Å². The van der Waals surface area contributed by atoms with Gasteiger partial charge in [-0.15, -0.1) is 0 Å². The highest BCUT2D eigenvalue weighted by Crippen LogP contribution is 2.66. The lowest BCUT2D eigenvalue weighted by Gasteiger charge is -2.51. The summed E-state index contributed by atoms with van der Waals surface area (Å²) < 4.78 is 11.6. The van der Waals surface area contributed by atoms with Crippen LogP contribution in [0.15, 0.2) is 46.6 Å². The molecule has 6 rings (SSSR count). The zero-order chi connectivity index (χ0) is 25.8. The molecule has 4 aliphatic carbocycles. The molecule has 9 atom stereocenters. The highest BCUT2D eigenvalue weighted by molar-refractivity contribution is 5.89. The van der Waals surface area contributed by atoms with Crippen molar-refractivity contribution in [3.8, 4) is 0 Å². The summed E-state index contributed by atoms with van der Waals surface area (Å²) in [5, 5.41) is 23.8. The Morgan fingerprint density at radius 1 is 1.06 bits per heavy atom. The smallest absolute Gasteiger partial charge is 0.333 e. The largest absolute Gasteiger partial charge is 0.458 e. The molecule has 0 aromatic carbocycles. The number of allylic oxidation sites excluding steroid dienone is 2. The average molecular weight is 495 g/mol. The second-order valence-electron chi connectivity index (χ2n) is 13.0. The van der Waals surface area contributed by atoms with Gasteiger partial charge in [0.25, 0.3) is 0 Å². The molecule has 2 aliphatic heterocycles. The molecule has 0 saturated heterocycles. The van der Waals surface area contributed by atoms with E-state index in [1.54, 1.807) is 0 Å². The predicted octanol–water partition coefficient (Wildman–Crippen LogP) is 4.18. The van der Waals surface area contributed by atoms with Crippen LogP contribution in [0.4, 0.5) is 0 Å². The molecule has 1 saturated carbocycles. The molecular weight excluding hydrogens is 456 g/mol. The van der Waals surface area contributed by atoms with E-state index in [4.69, 9.17) is 9.47 Å². The number of rotatable bonds is 0. The van der Waals surface area contributed by atoms with Crippen LogP contribution < -0.4 is 0 Å². The zero-order valence-electron chi connectivity index (χ0n) is 21.9. The van der Waals surface area contributed by atoms with Gasteiger partial charge in [0.05, 0.1) is 11.7 Å². The van der Waals surface area contributed by atoms with Crippen molar-refractivity contribution in [1.82, 2.24) is 0 Å². The van der Waals surface area contributed by atoms with E-state index in [1.165, 1.54) is 11.6 Å². The summed E-state index contributed by atoms with van der Waals surface area (Å²) in [6, 6.07) is 0. The van der Waals surface area contributed by atoms with Gasteiger partial charge in [-0.2, -0.15) is 0 Å². The summed E-state index contributed by atoms with van der Waals surface area (Å²) >= 11 is 0. The van der Waals surface area contributed by atoms with Crippen molar-refractivity contribution in [3.63, 3.8) is 0 Å². The molecule has 2 heterocycles. The molecule has 36 heavy (non-hydrogen) atoms. The summed E-state index contributed by atoms with van der Waals surface area (Å²) in [4.78, 5) is 24.5. The van der Waals surface area contributed by atoms with Crippen LogP contribution in [-0.4, -0.2) is 45.6 Å². The number of hydrogen-bond donors (Lipinski definition) is 2. The van der Waals surface area contributed by atoms with E-state index in [2.05, 4.69) is 19.9 Å². The third kappa shape index (κ3) is 3.29. The van der Waals surface area contributed by atoms with Gasteiger partial charge in [0, 0.05) is 29.4 Å². The minimum absolute atomic E-state index is 0.00693. The minimum atomic E-state index is -1.02. The van der Waals surface area contributed by atoms with Gasteiger partial charge in [-0.05, 0) is 87.3 Å². The molecule has 194 valence electrons. The third-order valence-corrected chi connectivity index (χ3v) is 10.6. The van der Waals surface area contributed by atoms with Gasteiger partial charge in [-0.3, -0.25) is 0 Å². The Kier molecular flexibility index (Phi) is 5.15. The number of fused-ring (bicyclic) bond motifs is 6. The van der Waals surface area contributed by atoms with E-state index in [9.17, 15) is 19.8 Å². The topological polar surface area (TPSA) is 93.1 Å². The molecule has 1 fully saturated rings. The summed E-state index contributed by atoms with van der Waals surface area (Å²) in [7, 11) is 0. The van der Waals surface area contributed by atoms with E-state index in [0.717, 1.165) is 30.4 Å². The fourth-order valence-corrected chi connectivity index (χ4v) is 9.06. The van der Waals surface area contributed by atoms with Crippen LogP contribution in [0.25, 0.3) is 0 Å². The maximum absolute atomic E-state index is 12.3. The Morgan fingerprint density at radius 3 is 2.56 bits per heavy atom. The molecule has 0 aromatic heterocycles. The predicted molar refractivity (Wildman–Crippen MR) is 133 cm³/mol. The van der Waals surface area contributed by atoms with E-state index < -0.39 is 17.3 Å². The fourth-order valence-electron chi connectivity index (χ4n) is 9.06. The zero-order valence-corrected chi connectivity index (χ0v) is 21.9. The van der Waals surface area contributed by atoms with Gasteiger partial charge in [0.15, 0.2) is 0 Å². The first-order valence-corrected chi connectivity index (χ1v) is 13.5. The summed E-state index contributed by atoms with van der Waals surface area (Å²) in [6.45, 7) is 10.1. The lowest BCUT2D eigenvalue weighted by Crippen LogP contribution is -2.49. The minimum Gasteiger partial charge on any atom is -0.458 e. The van der Waals surface area contributed by atoms with Crippen LogP contribution in [0, 0.1) is 35.0 Å². The highest BCUT2D eigenvalue weighted by Gasteiger charge is 2.64. The fraction of sp³-hybridized carbons (Fsp3) is 0.667. The normalized spacial score (nSPS) is 47.0. The van der Waals surface area contributed by atoms with E-state index >= 15 is 0 Å². The number of carbonyl (C=O) groups is 2. The number of ether oxygens (including phenoxy) is 2. The monoisotopic (exact) mass is 494 g/mol. The van der Waals surface area contributed by atoms with Gasteiger partial charge in [-0.25, -0.2) is 9.59 Å². The summed E-state index contributed by atoms with van der Waals surface area (Å²) in [6.07, 6.45) is 10.1. The molecular formula is C30H38O6. The van der Waals surface area contributed by atoms with Crippen LogP contribution in [-0.2, 0) is 19.1 Å². The molecule has 0 aromatic rings. The standard InChI is InChI=1S/C30H38O6/c1-15-10-18-11-19-21-13-30(34)12-17-6-9-24(32)36-28(3,4)20(17)7-8-23(30)29(21,5)14-22(31)25(19)16(2)26(18)35-27(15)33/h6,9-10,12,16,18,20-23,26,31,34H,7-8,11,13-14H2,1-5H3/t16-,18+,20+,21-,22+,23-,26-,29+,30+/m0/s1. The van der Waals surface area contributed by atoms with Crippen molar-refractivity contribution >= 4 is 11.9 Å². The second-order valence-corrected chi connectivity index (χ2v) is 13.0. The maximum Gasteiger partial charge on any atom is 0.333 e. The number of esters is 2. The molecule has 6 heteroatoms. The van der Waals surface area contributed by atoms with Crippen LogP contribution in [0.1, 0.15) is 66.7 Å². The number of hydrogen-bond acceptors (Lipinski definition) is 6. The second kappa shape index (κ2) is 7.67. The van der Waals surface area contributed by atoms with Crippen LogP contribution >= 0.6 is 0 Å². The molecule has 0 bridgehead atoms. The van der Waals surface area contributed by atoms with Crippen molar-refractivity contribution in [1.29, 1.82) is 0 Å². The van der Waals surface area contributed by atoms with Gasteiger partial charge in [0.2, 0.25) is 0 Å². The number of aliphatic hydroxyl groups excluding tert-OH is 1. The molecule has 6 aliphatic rings. The van der Waals surface area contributed by atoms with Crippen molar-refractivity contribution in [2.45, 2.75) is 90.1 Å². The first kappa shape index (κ1) is 24.2. The average Bonchev–Trinajstić information content (AvgIpc) is 2.86. The quantitative estimate of drug-likeness (QED) is 0.388. The Hall–Kier alpha value is -2.18. The molecule has 2 N–H and O–H groups in total. The Labute approximate surface area is 213 Å². The van der Waals surface area contributed by atoms with Gasteiger partial charge in [0.1, 0.15) is 11.7 Å². The lowest BCUT2D eigenvalue weighted by molar-refractivity contribution is -0.153. The van der Waals surface area contributed by atoms with Crippen molar-refractivity contribution in [2.75, 3.05) is 0 Å². The maximum atomic E-state index is 12.3. The molecule has 0 spiro atoms. The van der Waals surface area contributed by atoms with Crippen LogP contribution in [0.2, 0.25) is 0 Å². The Morgan fingerprint density at radius 2 is 1.81 bits per heavy atom. The number of aliphatic hydroxyl groups is 2.